The Kier molecular flexibility index (Phi) is 3.58. The number of hydrogen-bond donors (Lipinski definition) is 2. The molecular formula is C14H15N3S. The molecule has 0 atom stereocenters. The first-order chi connectivity index (χ1) is 8.58. The molecule has 4 heteroatoms. The van der Waals surface area contributed by atoms with Crippen LogP contribution >= 0.6 is 12.2 Å². The number of nitrogens with one attached hydrogen (secondary N) is 1. The Balaban J connectivity index is 2.30. The molecule has 2 aromatic rings. The van der Waals surface area contributed by atoms with Crippen LogP contribution < -0.4 is 11.1 Å². The highest BCUT2D eigenvalue weighted by Crippen LogP contribution is 2.23. The van der Waals surface area contributed by atoms with E-state index in [2.05, 4.69) is 10.3 Å². The first-order valence-corrected chi connectivity index (χ1v) is 6.07. The molecule has 3 nitrogen and oxygen atoms in total. The molecule has 0 saturated carbocycles. The summed E-state index contributed by atoms with van der Waals surface area (Å²) in [5.74, 6) is 0. The summed E-state index contributed by atoms with van der Waals surface area (Å²) in [5.41, 5.74) is 10.8. The molecule has 1 aromatic heterocycles. The van der Waals surface area contributed by atoms with Crippen LogP contribution in [0.5, 0.6) is 0 Å². The van der Waals surface area contributed by atoms with Crippen LogP contribution in [0.4, 0.5) is 11.4 Å². The van der Waals surface area contributed by atoms with Crippen LogP contribution in [0, 0.1) is 13.8 Å². The van der Waals surface area contributed by atoms with Gasteiger partial charge in [-0.05, 0) is 49.2 Å². The maximum Gasteiger partial charge on any atom is 0.103 e. The minimum Gasteiger partial charge on any atom is -0.389 e. The Morgan fingerprint density at radius 1 is 1.17 bits per heavy atom. The number of nitrogens with zero attached hydrogens (tertiary/aromatic N) is 1. The predicted molar refractivity (Wildman–Crippen MR) is 79.3 cm³/mol. The highest BCUT2D eigenvalue weighted by molar-refractivity contribution is 7.80. The summed E-state index contributed by atoms with van der Waals surface area (Å²) in [6.45, 7) is 4.07. The lowest BCUT2D eigenvalue weighted by Gasteiger charge is -2.12. The molecule has 92 valence electrons. The van der Waals surface area contributed by atoms with E-state index in [1.807, 2.05) is 44.3 Å². The van der Waals surface area contributed by atoms with E-state index in [0.29, 0.717) is 4.99 Å². The van der Waals surface area contributed by atoms with Gasteiger partial charge in [0.05, 0.1) is 11.9 Å². The van der Waals surface area contributed by atoms with Crippen LogP contribution in [0.15, 0.2) is 36.7 Å². The predicted octanol–water partition coefficient (Wildman–Crippen LogP) is 3.08. The number of aryl methyl sites for hydroxylation is 2. The zero-order valence-electron chi connectivity index (χ0n) is 10.4. The van der Waals surface area contributed by atoms with Crippen molar-refractivity contribution in [3.05, 3.63) is 53.3 Å². The minimum atomic E-state index is 0.419. The highest BCUT2D eigenvalue weighted by Gasteiger charge is 2.04. The Bertz CT molecular complexity index is 593. The molecular weight excluding hydrogens is 242 g/mol. The number of rotatable bonds is 3. The molecule has 0 amide bonds. The van der Waals surface area contributed by atoms with Gasteiger partial charge < -0.3 is 11.1 Å². The summed E-state index contributed by atoms with van der Waals surface area (Å²) in [5, 5.41) is 3.36. The van der Waals surface area contributed by atoms with Gasteiger partial charge in [0.15, 0.2) is 0 Å². The van der Waals surface area contributed by atoms with Crippen molar-refractivity contribution in [3.8, 4) is 0 Å². The summed E-state index contributed by atoms with van der Waals surface area (Å²) >= 11 is 4.96. The summed E-state index contributed by atoms with van der Waals surface area (Å²) in [6, 6.07) is 7.86. The summed E-state index contributed by atoms with van der Waals surface area (Å²) in [7, 11) is 0. The van der Waals surface area contributed by atoms with Crippen molar-refractivity contribution in [2.75, 3.05) is 5.32 Å². The zero-order valence-corrected chi connectivity index (χ0v) is 11.2. The molecule has 0 unspecified atom stereocenters. The number of aromatic nitrogens is 1. The van der Waals surface area contributed by atoms with E-state index < -0.39 is 0 Å². The van der Waals surface area contributed by atoms with Gasteiger partial charge in [0.2, 0.25) is 0 Å². The molecule has 1 aromatic carbocycles. The molecule has 0 radical (unpaired) electrons. The van der Waals surface area contributed by atoms with Crippen molar-refractivity contribution < 1.29 is 0 Å². The number of benzene rings is 1. The molecule has 0 spiro atoms. The Labute approximate surface area is 112 Å². The number of thiocarbonyl (C=S) groups is 1. The van der Waals surface area contributed by atoms with Crippen LogP contribution in [-0.2, 0) is 0 Å². The van der Waals surface area contributed by atoms with Crippen molar-refractivity contribution >= 4 is 28.6 Å². The second-order valence-corrected chi connectivity index (χ2v) is 4.65. The van der Waals surface area contributed by atoms with Gasteiger partial charge in [-0.15, -0.1) is 0 Å². The van der Waals surface area contributed by atoms with Crippen molar-refractivity contribution in [2.45, 2.75) is 13.8 Å². The second-order valence-electron chi connectivity index (χ2n) is 4.21. The van der Waals surface area contributed by atoms with E-state index in [4.69, 9.17) is 18.0 Å². The number of pyridine rings is 1. The van der Waals surface area contributed by atoms with Crippen molar-refractivity contribution in [1.29, 1.82) is 0 Å². The van der Waals surface area contributed by atoms with Crippen LogP contribution in [-0.4, -0.2) is 9.97 Å². The summed E-state index contributed by atoms with van der Waals surface area (Å²) in [6.07, 6.45) is 3.60. The maximum absolute atomic E-state index is 5.61. The van der Waals surface area contributed by atoms with E-state index in [0.717, 1.165) is 28.1 Å². The van der Waals surface area contributed by atoms with E-state index in [-0.39, 0.29) is 0 Å². The van der Waals surface area contributed by atoms with Gasteiger partial charge in [-0.25, -0.2) is 0 Å². The molecule has 0 fully saturated rings. The fourth-order valence-corrected chi connectivity index (χ4v) is 1.82. The maximum atomic E-state index is 5.61. The molecule has 0 aliphatic rings. The molecule has 0 aliphatic heterocycles. The average Bonchev–Trinajstić information content (AvgIpc) is 2.34. The van der Waals surface area contributed by atoms with Gasteiger partial charge in [0, 0.05) is 17.4 Å². The third-order valence-corrected chi connectivity index (χ3v) is 3.06. The zero-order chi connectivity index (χ0) is 13.1. The quantitative estimate of drug-likeness (QED) is 0.830. The van der Waals surface area contributed by atoms with E-state index in [1.165, 1.54) is 0 Å². The monoisotopic (exact) mass is 257 g/mol. The summed E-state index contributed by atoms with van der Waals surface area (Å²) in [4.78, 5) is 4.53. The van der Waals surface area contributed by atoms with Crippen molar-refractivity contribution in [1.82, 2.24) is 4.98 Å². The fourth-order valence-electron chi connectivity index (χ4n) is 1.70. The second kappa shape index (κ2) is 5.14. The standard InChI is InChI=1S/C14H15N3S/c1-9-5-6-16-8-13(9)17-12-4-3-11(14(15)18)7-10(12)2/h3-8,17H,1-2H3,(H2,15,18). The fraction of sp³-hybridized carbons (Fsp3) is 0.143. The molecule has 2 rings (SSSR count). The van der Waals surface area contributed by atoms with Crippen LogP contribution in [0.25, 0.3) is 0 Å². The molecule has 1 heterocycles. The molecule has 0 bridgehead atoms. The SMILES string of the molecule is Cc1cc(C(N)=S)ccc1Nc1cnccc1C. The first kappa shape index (κ1) is 12.5. The van der Waals surface area contributed by atoms with Crippen LogP contribution in [0.1, 0.15) is 16.7 Å². The van der Waals surface area contributed by atoms with E-state index in [9.17, 15) is 0 Å². The minimum absolute atomic E-state index is 0.419. The molecule has 0 aliphatic carbocycles. The van der Waals surface area contributed by atoms with Crippen molar-refractivity contribution in [2.24, 2.45) is 5.73 Å². The lowest BCUT2D eigenvalue weighted by atomic mass is 10.1. The number of anilines is 2. The van der Waals surface area contributed by atoms with E-state index in [1.54, 1.807) is 6.20 Å². The van der Waals surface area contributed by atoms with Gasteiger partial charge in [-0.1, -0.05) is 12.2 Å². The lowest BCUT2D eigenvalue weighted by molar-refractivity contribution is 1.27. The van der Waals surface area contributed by atoms with Crippen LogP contribution in [0.2, 0.25) is 0 Å². The van der Waals surface area contributed by atoms with Gasteiger partial charge in [-0.3, -0.25) is 4.98 Å². The van der Waals surface area contributed by atoms with Crippen molar-refractivity contribution in [3.63, 3.8) is 0 Å². The molecule has 18 heavy (non-hydrogen) atoms. The normalized spacial score (nSPS) is 10.1. The lowest BCUT2D eigenvalue weighted by Crippen LogP contribution is -2.09. The number of hydrogen-bond acceptors (Lipinski definition) is 3. The van der Waals surface area contributed by atoms with Crippen LogP contribution in [0.3, 0.4) is 0 Å². The highest BCUT2D eigenvalue weighted by atomic mass is 32.1. The first-order valence-electron chi connectivity index (χ1n) is 5.66. The molecule has 3 N–H and O–H groups in total. The summed E-state index contributed by atoms with van der Waals surface area (Å²) < 4.78 is 0. The van der Waals surface area contributed by atoms with Gasteiger partial charge in [-0.2, -0.15) is 0 Å². The molecule has 0 saturated heterocycles. The Morgan fingerprint density at radius 2 is 1.94 bits per heavy atom. The Hall–Kier alpha value is -1.94. The largest absolute Gasteiger partial charge is 0.389 e. The van der Waals surface area contributed by atoms with Gasteiger partial charge in [0.1, 0.15) is 4.99 Å². The van der Waals surface area contributed by atoms with E-state index >= 15 is 0 Å². The Morgan fingerprint density at radius 3 is 2.56 bits per heavy atom. The van der Waals surface area contributed by atoms with Gasteiger partial charge in [0.25, 0.3) is 0 Å². The third kappa shape index (κ3) is 2.65. The average molecular weight is 257 g/mol. The van der Waals surface area contributed by atoms with Gasteiger partial charge >= 0.3 is 0 Å². The number of nitrogens with two attached hydrogens (primary N) is 1. The smallest absolute Gasteiger partial charge is 0.103 e. The third-order valence-electron chi connectivity index (χ3n) is 2.82. The topological polar surface area (TPSA) is 50.9 Å².